The second-order valence-electron chi connectivity index (χ2n) is 4.80. The number of thioether (sulfide) groups is 1. The van der Waals surface area contributed by atoms with Crippen LogP contribution in [0.25, 0.3) is 0 Å². The van der Waals surface area contributed by atoms with Crippen molar-refractivity contribution < 1.29 is 0 Å². The maximum Gasteiger partial charge on any atom is 0.0343 e. The molecule has 1 saturated heterocycles. The molecule has 1 fully saturated rings. The van der Waals surface area contributed by atoms with Gasteiger partial charge >= 0.3 is 0 Å². The summed E-state index contributed by atoms with van der Waals surface area (Å²) in [6.07, 6.45) is 5.98. The minimum absolute atomic E-state index is 0.533. The third kappa shape index (κ3) is 3.93. The van der Waals surface area contributed by atoms with E-state index in [0.717, 1.165) is 0 Å². The molecule has 0 aromatic heterocycles. The van der Waals surface area contributed by atoms with Gasteiger partial charge in [-0.25, -0.2) is 0 Å². The molecule has 1 aromatic rings. The molecule has 0 spiro atoms. The van der Waals surface area contributed by atoms with Gasteiger partial charge in [-0.15, -0.1) is 11.8 Å². The second-order valence-corrected chi connectivity index (χ2v) is 5.68. The summed E-state index contributed by atoms with van der Waals surface area (Å²) in [7, 11) is 0. The van der Waals surface area contributed by atoms with E-state index in [1.165, 1.54) is 36.4 Å². The summed E-state index contributed by atoms with van der Waals surface area (Å²) >= 11 is 1.78. The Hall–Kier alpha value is -0.670. The van der Waals surface area contributed by atoms with E-state index >= 15 is 0 Å². The van der Waals surface area contributed by atoms with Crippen molar-refractivity contribution in [2.24, 2.45) is 0 Å². The van der Waals surface area contributed by atoms with Crippen LogP contribution in [-0.4, -0.2) is 24.9 Å². The molecule has 3 heteroatoms. The number of hydrogen-bond acceptors (Lipinski definition) is 3. The molecule has 94 valence electrons. The zero-order chi connectivity index (χ0) is 12.1. The third-order valence-electron chi connectivity index (χ3n) is 3.30. The van der Waals surface area contributed by atoms with Crippen molar-refractivity contribution in [1.29, 1.82) is 0 Å². The lowest BCUT2D eigenvalue weighted by molar-refractivity contribution is 0.523. The summed E-state index contributed by atoms with van der Waals surface area (Å²) < 4.78 is 0. The number of rotatable bonds is 5. The largest absolute Gasteiger partial charge is 0.383 e. The number of benzene rings is 1. The summed E-state index contributed by atoms with van der Waals surface area (Å²) in [6.45, 7) is 3.46. The highest BCUT2D eigenvalue weighted by Gasteiger charge is 2.16. The van der Waals surface area contributed by atoms with Gasteiger partial charge in [0.05, 0.1) is 0 Å². The number of anilines is 1. The van der Waals surface area contributed by atoms with Crippen molar-refractivity contribution in [3.63, 3.8) is 0 Å². The summed E-state index contributed by atoms with van der Waals surface area (Å²) in [5.41, 5.74) is 1.23. The number of nitrogens with one attached hydrogen (secondary N) is 2. The molecule has 1 aliphatic rings. The normalized spacial score (nSPS) is 21.4. The van der Waals surface area contributed by atoms with Gasteiger partial charge < -0.3 is 10.6 Å². The SMILES string of the molecule is CSc1ccc(NC(C)CC2CCCN2)cc1. The van der Waals surface area contributed by atoms with E-state index in [1.54, 1.807) is 11.8 Å². The van der Waals surface area contributed by atoms with E-state index in [2.05, 4.69) is 48.1 Å². The highest BCUT2D eigenvalue weighted by atomic mass is 32.2. The van der Waals surface area contributed by atoms with Crippen LogP contribution in [0.2, 0.25) is 0 Å². The fraction of sp³-hybridized carbons (Fsp3) is 0.571. The van der Waals surface area contributed by atoms with Crippen LogP contribution in [-0.2, 0) is 0 Å². The quantitative estimate of drug-likeness (QED) is 0.784. The average molecular weight is 250 g/mol. The van der Waals surface area contributed by atoms with Crippen molar-refractivity contribution in [2.75, 3.05) is 18.1 Å². The molecule has 0 saturated carbocycles. The predicted octanol–water partition coefficient (Wildman–Crippen LogP) is 3.35. The van der Waals surface area contributed by atoms with Gasteiger partial charge in [0.1, 0.15) is 0 Å². The summed E-state index contributed by atoms with van der Waals surface area (Å²) in [5.74, 6) is 0. The first-order valence-electron chi connectivity index (χ1n) is 6.42. The Morgan fingerprint density at radius 3 is 2.76 bits per heavy atom. The van der Waals surface area contributed by atoms with Crippen LogP contribution in [0.15, 0.2) is 29.2 Å². The molecule has 0 bridgehead atoms. The van der Waals surface area contributed by atoms with Gasteiger partial charge in [-0.05, 0) is 63.3 Å². The maximum absolute atomic E-state index is 3.57. The van der Waals surface area contributed by atoms with Gasteiger partial charge in [0.15, 0.2) is 0 Å². The van der Waals surface area contributed by atoms with Crippen LogP contribution >= 0.6 is 11.8 Å². The molecule has 2 nitrogen and oxygen atoms in total. The predicted molar refractivity (Wildman–Crippen MR) is 76.9 cm³/mol. The first-order chi connectivity index (χ1) is 8.28. The summed E-state index contributed by atoms with van der Waals surface area (Å²) in [6, 6.07) is 9.93. The third-order valence-corrected chi connectivity index (χ3v) is 4.05. The van der Waals surface area contributed by atoms with E-state index in [-0.39, 0.29) is 0 Å². The van der Waals surface area contributed by atoms with Gasteiger partial charge in [-0.3, -0.25) is 0 Å². The molecule has 2 atom stereocenters. The van der Waals surface area contributed by atoms with Crippen molar-refractivity contribution in [1.82, 2.24) is 5.32 Å². The lowest BCUT2D eigenvalue weighted by atomic mass is 10.1. The molecule has 2 N–H and O–H groups in total. The van der Waals surface area contributed by atoms with Crippen LogP contribution in [0.3, 0.4) is 0 Å². The molecule has 0 aliphatic carbocycles. The Bertz CT molecular complexity index is 331. The lowest BCUT2D eigenvalue weighted by Crippen LogP contribution is -2.29. The van der Waals surface area contributed by atoms with Gasteiger partial charge in [0, 0.05) is 22.7 Å². The Labute approximate surface area is 109 Å². The van der Waals surface area contributed by atoms with Crippen molar-refractivity contribution >= 4 is 17.4 Å². The van der Waals surface area contributed by atoms with E-state index in [4.69, 9.17) is 0 Å². The minimum Gasteiger partial charge on any atom is -0.383 e. The standard InChI is InChI=1S/C14H22N2S/c1-11(10-13-4-3-9-15-13)16-12-5-7-14(17-2)8-6-12/h5-8,11,13,15-16H,3-4,9-10H2,1-2H3. The highest BCUT2D eigenvalue weighted by molar-refractivity contribution is 7.98. The molecule has 0 amide bonds. The van der Waals surface area contributed by atoms with Crippen LogP contribution < -0.4 is 10.6 Å². The first kappa shape index (κ1) is 12.8. The van der Waals surface area contributed by atoms with Crippen LogP contribution in [0.5, 0.6) is 0 Å². The van der Waals surface area contributed by atoms with Gasteiger partial charge in [-0.2, -0.15) is 0 Å². The monoisotopic (exact) mass is 250 g/mol. The van der Waals surface area contributed by atoms with Crippen molar-refractivity contribution in [3.8, 4) is 0 Å². The van der Waals surface area contributed by atoms with Gasteiger partial charge in [-0.1, -0.05) is 0 Å². The maximum atomic E-state index is 3.57. The molecular weight excluding hydrogens is 228 g/mol. The van der Waals surface area contributed by atoms with Gasteiger partial charge in [0.25, 0.3) is 0 Å². The molecule has 17 heavy (non-hydrogen) atoms. The average Bonchev–Trinajstić information content (AvgIpc) is 2.82. The highest BCUT2D eigenvalue weighted by Crippen LogP contribution is 2.19. The zero-order valence-corrected chi connectivity index (χ0v) is 11.5. The molecular formula is C14H22N2S. The fourth-order valence-electron chi connectivity index (χ4n) is 2.42. The lowest BCUT2D eigenvalue weighted by Gasteiger charge is -2.19. The second kappa shape index (κ2) is 6.31. The molecule has 1 aromatic carbocycles. The molecule has 2 rings (SSSR count). The topological polar surface area (TPSA) is 24.1 Å². The molecule has 2 unspecified atom stereocenters. The zero-order valence-electron chi connectivity index (χ0n) is 10.7. The van der Waals surface area contributed by atoms with E-state index in [1.807, 2.05) is 0 Å². The van der Waals surface area contributed by atoms with Crippen LogP contribution in [0.4, 0.5) is 5.69 Å². The van der Waals surface area contributed by atoms with E-state index in [9.17, 15) is 0 Å². The van der Waals surface area contributed by atoms with Crippen molar-refractivity contribution in [2.45, 2.75) is 43.2 Å². The van der Waals surface area contributed by atoms with Gasteiger partial charge in [0.2, 0.25) is 0 Å². The van der Waals surface area contributed by atoms with E-state index < -0.39 is 0 Å². The van der Waals surface area contributed by atoms with Crippen LogP contribution in [0, 0.1) is 0 Å². The molecule has 1 aliphatic heterocycles. The van der Waals surface area contributed by atoms with Crippen LogP contribution in [0.1, 0.15) is 26.2 Å². The molecule has 1 heterocycles. The first-order valence-corrected chi connectivity index (χ1v) is 7.64. The molecule has 0 radical (unpaired) electrons. The van der Waals surface area contributed by atoms with E-state index in [0.29, 0.717) is 12.1 Å². The Morgan fingerprint density at radius 2 is 2.18 bits per heavy atom. The minimum atomic E-state index is 0.533. The Morgan fingerprint density at radius 1 is 1.41 bits per heavy atom. The Balaban J connectivity index is 1.81. The smallest absolute Gasteiger partial charge is 0.0343 e. The summed E-state index contributed by atoms with van der Waals surface area (Å²) in [4.78, 5) is 1.32. The fourth-order valence-corrected chi connectivity index (χ4v) is 2.82. The Kier molecular flexibility index (Phi) is 4.75. The van der Waals surface area contributed by atoms with Crippen molar-refractivity contribution in [3.05, 3.63) is 24.3 Å². The number of hydrogen-bond donors (Lipinski definition) is 2. The summed E-state index contributed by atoms with van der Waals surface area (Å²) in [5, 5.41) is 7.12.